The van der Waals surface area contributed by atoms with E-state index in [1.54, 1.807) is 0 Å². The van der Waals surface area contributed by atoms with Crippen molar-refractivity contribution in [2.75, 3.05) is 59.0 Å². The average molecular weight is 353 g/mol. The molecule has 0 aromatic rings. The van der Waals surface area contributed by atoms with Crippen LogP contribution < -0.4 is 5.32 Å². The van der Waals surface area contributed by atoms with Gasteiger partial charge >= 0.3 is 0 Å². The van der Waals surface area contributed by atoms with Gasteiger partial charge in [-0.05, 0) is 39.5 Å². The fourth-order valence-corrected chi connectivity index (χ4v) is 4.42. The summed E-state index contributed by atoms with van der Waals surface area (Å²) in [6.45, 7) is 12.9. The predicted molar refractivity (Wildman–Crippen MR) is 99.7 cm³/mol. The Morgan fingerprint density at radius 3 is 2.40 bits per heavy atom. The van der Waals surface area contributed by atoms with Gasteiger partial charge in [0.05, 0.1) is 12.6 Å². The normalized spacial score (nSPS) is 31.8. The minimum absolute atomic E-state index is 0.236. The largest absolute Gasteiger partial charge is 0.377 e. The third-order valence-corrected chi connectivity index (χ3v) is 6.21. The maximum absolute atomic E-state index is 12.3. The van der Waals surface area contributed by atoms with Crippen molar-refractivity contribution in [3.63, 3.8) is 0 Å². The first kappa shape index (κ1) is 19.1. The second kappa shape index (κ2) is 9.31. The third kappa shape index (κ3) is 5.39. The van der Waals surface area contributed by atoms with E-state index in [1.165, 1.54) is 19.4 Å². The minimum atomic E-state index is 0.236. The molecule has 0 bridgehead atoms. The molecule has 0 aromatic heterocycles. The van der Waals surface area contributed by atoms with Crippen LogP contribution in [0, 0.1) is 0 Å². The van der Waals surface area contributed by atoms with Crippen molar-refractivity contribution in [2.24, 2.45) is 0 Å². The zero-order valence-electron chi connectivity index (χ0n) is 16.1. The SMILES string of the molecule is C[C@@H]1CC[C@@H](C)N1CCN1CCN(C(=O)CNC[C@H]2CCCO2)CC1. The zero-order valence-corrected chi connectivity index (χ0v) is 16.1. The lowest BCUT2D eigenvalue weighted by molar-refractivity contribution is -0.132. The smallest absolute Gasteiger partial charge is 0.236 e. The average Bonchev–Trinajstić information content (AvgIpc) is 3.24. The molecular formula is C19H36N4O2. The molecule has 3 rings (SSSR count). The number of hydrogen-bond donors (Lipinski definition) is 1. The molecule has 0 radical (unpaired) electrons. The van der Waals surface area contributed by atoms with Crippen molar-refractivity contribution >= 4 is 5.91 Å². The summed E-state index contributed by atoms with van der Waals surface area (Å²) in [5.74, 6) is 0.236. The summed E-state index contributed by atoms with van der Waals surface area (Å²) in [6.07, 6.45) is 5.25. The molecule has 0 aliphatic carbocycles. The van der Waals surface area contributed by atoms with Crippen molar-refractivity contribution in [1.82, 2.24) is 20.0 Å². The zero-order chi connectivity index (χ0) is 17.6. The number of piperazine rings is 1. The van der Waals surface area contributed by atoms with Gasteiger partial charge in [-0.1, -0.05) is 0 Å². The van der Waals surface area contributed by atoms with Gasteiger partial charge in [0.2, 0.25) is 5.91 Å². The molecule has 3 atom stereocenters. The van der Waals surface area contributed by atoms with E-state index in [4.69, 9.17) is 4.74 Å². The van der Waals surface area contributed by atoms with Gasteiger partial charge in [-0.3, -0.25) is 14.6 Å². The molecular weight excluding hydrogens is 316 g/mol. The number of carbonyl (C=O) groups is 1. The van der Waals surface area contributed by atoms with E-state index in [1.807, 2.05) is 4.90 Å². The number of hydrogen-bond acceptors (Lipinski definition) is 5. The number of amides is 1. The minimum Gasteiger partial charge on any atom is -0.377 e. The van der Waals surface area contributed by atoms with Crippen LogP contribution in [0.1, 0.15) is 39.5 Å². The van der Waals surface area contributed by atoms with Crippen LogP contribution in [-0.2, 0) is 9.53 Å². The summed E-state index contributed by atoms with van der Waals surface area (Å²) in [4.78, 5) is 19.5. The Balaban J connectivity index is 1.29. The molecule has 6 heteroatoms. The van der Waals surface area contributed by atoms with Crippen LogP contribution in [-0.4, -0.2) is 97.8 Å². The van der Waals surface area contributed by atoms with Gasteiger partial charge in [0.25, 0.3) is 0 Å². The Labute approximate surface area is 152 Å². The molecule has 144 valence electrons. The maximum Gasteiger partial charge on any atom is 0.236 e. The van der Waals surface area contributed by atoms with Crippen molar-refractivity contribution in [3.8, 4) is 0 Å². The van der Waals surface area contributed by atoms with Gasteiger partial charge in [-0.2, -0.15) is 0 Å². The molecule has 3 aliphatic rings. The Kier molecular flexibility index (Phi) is 7.10. The van der Waals surface area contributed by atoms with Crippen molar-refractivity contribution in [2.45, 2.75) is 57.7 Å². The lowest BCUT2D eigenvalue weighted by Crippen LogP contribution is -2.52. The molecule has 3 saturated heterocycles. The van der Waals surface area contributed by atoms with E-state index in [2.05, 4.69) is 29.0 Å². The van der Waals surface area contributed by atoms with Crippen molar-refractivity contribution < 1.29 is 9.53 Å². The van der Waals surface area contributed by atoms with Crippen molar-refractivity contribution in [1.29, 1.82) is 0 Å². The van der Waals surface area contributed by atoms with Crippen LogP contribution >= 0.6 is 0 Å². The Bertz CT molecular complexity index is 410. The number of carbonyl (C=O) groups excluding carboxylic acids is 1. The second-order valence-electron chi connectivity index (χ2n) is 8.00. The standard InChI is InChI=1S/C19H36N4O2/c1-16-5-6-17(2)23(16)12-9-21-7-10-22(11-8-21)19(24)15-20-14-18-4-3-13-25-18/h16-18,20H,3-15H2,1-2H3/t16-,17-,18-/m1/s1. The number of ether oxygens (including phenoxy) is 1. The molecule has 6 nitrogen and oxygen atoms in total. The quantitative estimate of drug-likeness (QED) is 0.733. The molecule has 0 aromatic carbocycles. The van der Waals surface area contributed by atoms with Gasteiger partial charge in [0.15, 0.2) is 0 Å². The predicted octanol–water partition coefficient (Wildman–Crippen LogP) is 0.772. The lowest BCUT2D eigenvalue weighted by Gasteiger charge is -2.36. The van der Waals surface area contributed by atoms with Crippen LogP contribution in [0.5, 0.6) is 0 Å². The third-order valence-electron chi connectivity index (χ3n) is 6.21. The van der Waals surface area contributed by atoms with Crippen molar-refractivity contribution in [3.05, 3.63) is 0 Å². The van der Waals surface area contributed by atoms with Crippen LogP contribution in [0.4, 0.5) is 0 Å². The van der Waals surface area contributed by atoms with Crippen LogP contribution in [0.2, 0.25) is 0 Å². The fraction of sp³-hybridized carbons (Fsp3) is 0.947. The Morgan fingerprint density at radius 1 is 1.04 bits per heavy atom. The summed E-state index contributed by atoms with van der Waals surface area (Å²) >= 11 is 0. The molecule has 25 heavy (non-hydrogen) atoms. The number of nitrogens with one attached hydrogen (secondary N) is 1. The Morgan fingerprint density at radius 2 is 1.76 bits per heavy atom. The second-order valence-corrected chi connectivity index (χ2v) is 8.00. The maximum atomic E-state index is 12.3. The molecule has 1 amide bonds. The Hall–Kier alpha value is -0.690. The number of likely N-dealkylation sites (tertiary alicyclic amines) is 1. The lowest BCUT2D eigenvalue weighted by atomic mass is 10.2. The van der Waals surface area contributed by atoms with E-state index < -0.39 is 0 Å². The van der Waals surface area contributed by atoms with Crippen LogP contribution in [0.3, 0.4) is 0 Å². The number of rotatable bonds is 7. The summed E-state index contributed by atoms with van der Waals surface area (Å²) in [7, 11) is 0. The molecule has 0 spiro atoms. The first-order valence-corrected chi connectivity index (χ1v) is 10.2. The number of nitrogens with zero attached hydrogens (tertiary/aromatic N) is 3. The fourth-order valence-electron chi connectivity index (χ4n) is 4.42. The van der Waals surface area contributed by atoms with Gasteiger partial charge < -0.3 is 15.0 Å². The first-order chi connectivity index (χ1) is 12.1. The molecule has 0 unspecified atom stereocenters. The highest BCUT2D eigenvalue weighted by molar-refractivity contribution is 5.78. The summed E-state index contributed by atoms with van der Waals surface area (Å²) < 4.78 is 5.58. The van der Waals surface area contributed by atoms with Crippen LogP contribution in [0.25, 0.3) is 0 Å². The van der Waals surface area contributed by atoms with Gasteiger partial charge in [0, 0.05) is 64.5 Å². The van der Waals surface area contributed by atoms with E-state index in [0.717, 1.165) is 70.8 Å². The monoisotopic (exact) mass is 352 g/mol. The van der Waals surface area contributed by atoms with Crippen LogP contribution in [0.15, 0.2) is 0 Å². The van der Waals surface area contributed by atoms with Gasteiger partial charge in [-0.15, -0.1) is 0 Å². The highest BCUT2D eigenvalue weighted by Crippen LogP contribution is 2.22. The molecule has 3 heterocycles. The molecule has 3 fully saturated rings. The summed E-state index contributed by atoms with van der Waals surface area (Å²) in [6, 6.07) is 1.46. The topological polar surface area (TPSA) is 48.0 Å². The molecule has 0 saturated carbocycles. The van der Waals surface area contributed by atoms with E-state index in [9.17, 15) is 4.79 Å². The summed E-state index contributed by atoms with van der Waals surface area (Å²) in [5, 5.41) is 3.27. The molecule has 3 aliphatic heterocycles. The van der Waals surface area contributed by atoms with E-state index >= 15 is 0 Å². The summed E-state index contributed by atoms with van der Waals surface area (Å²) in [5.41, 5.74) is 0. The van der Waals surface area contributed by atoms with Gasteiger partial charge in [0.1, 0.15) is 0 Å². The van der Waals surface area contributed by atoms with Gasteiger partial charge in [-0.25, -0.2) is 0 Å². The van der Waals surface area contributed by atoms with E-state index in [0.29, 0.717) is 12.6 Å². The highest BCUT2D eigenvalue weighted by Gasteiger charge is 2.28. The highest BCUT2D eigenvalue weighted by atomic mass is 16.5. The molecule has 1 N–H and O–H groups in total. The first-order valence-electron chi connectivity index (χ1n) is 10.2. The van der Waals surface area contributed by atoms with E-state index in [-0.39, 0.29) is 5.91 Å².